The second kappa shape index (κ2) is 4.76. The minimum absolute atomic E-state index is 0.823. The first kappa shape index (κ1) is 12.2. The molecule has 0 saturated carbocycles. The highest BCUT2D eigenvalue weighted by molar-refractivity contribution is 9.10. The van der Waals surface area contributed by atoms with Crippen LogP contribution in [0.15, 0.2) is 40.6 Å². The van der Waals surface area contributed by atoms with E-state index in [-0.39, 0.29) is 0 Å². The molecule has 4 rings (SSSR count). The third-order valence-corrected chi connectivity index (χ3v) is 5.39. The van der Waals surface area contributed by atoms with E-state index in [1.54, 1.807) is 29.0 Å². The fourth-order valence-corrected chi connectivity index (χ4v) is 4.41. The fourth-order valence-electron chi connectivity index (χ4n) is 1.99. The summed E-state index contributed by atoms with van der Waals surface area (Å²) in [5.74, 6) is 0.823. The van der Waals surface area contributed by atoms with Crippen molar-refractivity contribution in [1.82, 2.24) is 15.0 Å². The molecule has 7 heteroatoms. The van der Waals surface area contributed by atoms with E-state index in [9.17, 15) is 0 Å². The monoisotopic (exact) mass is 362 g/mol. The number of benzene rings is 1. The maximum atomic E-state index is 4.38. The van der Waals surface area contributed by atoms with Gasteiger partial charge in [0.1, 0.15) is 16.7 Å². The third-order valence-electron chi connectivity index (χ3n) is 2.84. The van der Waals surface area contributed by atoms with Crippen molar-refractivity contribution in [3.05, 3.63) is 40.6 Å². The lowest BCUT2D eigenvalue weighted by molar-refractivity contribution is 1.23. The van der Waals surface area contributed by atoms with Crippen LogP contribution >= 0.6 is 38.6 Å². The van der Waals surface area contributed by atoms with E-state index in [1.165, 1.54) is 0 Å². The molecule has 0 spiro atoms. The predicted molar refractivity (Wildman–Crippen MR) is 88.0 cm³/mol. The van der Waals surface area contributed by atoms with E-state index < -0.39 is 0 Å². The summed E-state index contributed by atoms with van der Waals surface area (Å²) in [5, 5.41) is 3.34. The molecule has 0 amide bonds. The van der Waals surface area contributed by atoms with Crippen molar-refractivity contribution in [2.75, 3.05) is 5.32 Å². The maximum absolute atomic E-state index is 4.38. The molecule has 1 aromatic carbocycles. The number of rotatable bonds is 2. The summed E-state index contributed by atoms with van der Waals surface area (Å²) in [6.45, 7) is 0. The molecule has 4 nitrogen and oxygen atoms in total. The Morgan fingerprint density at radius 3 is 2.95 bits per heavy atom. The van der Waals surface area contributed by atoms with E-state index >= 15 is 0 Å². The molecule has 0 fully saturated rings. The second-order valence-corrected chi connectivity index (χ2v) is 6.89. The number of hydrogen-bond acceptors (Lipinski definition) is 6. The van der Waals surface area contributed by atoms with E-state index in [1.807, 2.05) is 29.8 Å². The van der Waals surface area contributed by atoms with Crippen molar-refractivity contribution in [1.29, 1.82) is 0 Å². The van der Waals surface area contributed by atoms with Crippen LogP contribution in [-0.2, 0) is 0 Å². The molecule has 4 aromatic rings. The SMILES string of the molecule is Brc1cccc(Nc2ncnc3c2sc2ncsc23)c1. The van der Waals surface area contributed by atoms with Gasteiger partial charge >= 0.3 is 0 Å². The summed E-state index contributed by atoms with van der Waals surface area (Å²) in [5.41, 5.74) is 3.81. The molecule has 98 valence electrons. The number of thiophene rings is 1. The van der Waals surface area contributed by atoms with Crippen LogP contribution < -0.4 is 5.32 Å². The van der Waals surface area contributed by atoms with Gasteiger partial charge in [-0.1, -0.05) is 22.0 Å². The zero-order chi connectivity index (χ0) is 13.5. The number of nitrogens with zero attached hydrogens (tertiary/aromatic N) is 3. The van der Waals surface area contributed by atoms with Gasteiger partial charge in [-0.25, -0.2) is 15.0 Å². The van der Waals surface area contributed by atoms with Crippen LogP contribution in [0.25, 0.3) is 19.7 Å². The highest BCUT2D eigenvalue weighted by Crippen LogP contribution is 2.38. The van der Waals surface area contributed by atoms with E-state index in [4.69, 9.17) is 0 Å². The van der Waals surface area contributed by atoms with Crippen molar-refractivity contribution in [3.8, 4) is 0 Å². The Morgan fingerprint density at radius 1 is 1.10 bits per heavy atom. The molecule has 0 aliphatic rings. The summed E-state index contributed by atoms with van der Waals surface area (Å²) < 4.78 is 3.20. The predicted octanol–water partition coefficient (Wildman–Crippen LogP) is 4.81. The number of nitrogens with one attached hydrogen (secondary N) is 1. The van der Waals surface area contributed by atoms with Gasteiger partial charge in [-0.2, -0.15) is 0 Å². The smallest absolute Gasteiger partial charge is 0.151 e. The van der Waals surface area contributed by atoms with E-state index in [0.29, 0.717) is 0 Å². The number of thiazole rings is 1. The lowest BCUT2D eigenvalue weighted by Crippen LogP contribution is -1.94. The molecule has 0 aliphatic carbocycles. The lowest BCUT2D eigenvalue weighted by Gasteiger charge is -2.06. The summed E-state index contributed by atoms with van der Waals surface area (Å²) in [7, 11) is 0. The fraction of sp³-hybridized carbons (Fsp3) is 0. The van der Waals surface area contributed by atoms with Crippen LogP contribution in [0.3, 0.4) is 0 Å². The van der Waals surface area contributed by atoms with Crippen LogP contribution in [0, 0.1) is 0 Å². The Morgan fingerprint density at radius 2 is 2.05 bits per heavy atom. The van der Waals surface area contributed by atoms with Crippen LogP contribution in [0.5, 0.6) is 0 Å². The van der Waals surface area contributed by atoms with Crippen molar-refractivity contribution >= 4 is 69.9 Å². The molecule has 1 N–H and O–H groups in total. The molecule has 0 bridgehead atoms. The van der Waals surface area contributed by atoms with Crippen LogP contribution in [0.1, 0.15) is 0 Å². The molecule has 0 atom stereocenters. The van der Waals surface area contributed by atoms with Gasteiger partial charge in [0.05, 0.1) is 14.9 Å². The first-order valence-electron chi connectivity index (χ1n) is 5.80. The van der Waals surface area contributed by atoms with Gasteiger partial charge in [0, 0.05) is 10.2 Å². The molecule has 3 heterocycles. The van der Waals surface area contributed by atoms with Crippen molar-refractivity contribution in [2.45, 2.75) is 0 Å². The highest BCUT2D eigenvalue weighted by Gasteiger charge is 2.13. The molecular weight excluding hydrogens is 356 g/mol. The van der Waals surface area contributed by atoms with Gasteiger partial charge in [-0.15, -0.1) is 22.7 Å². The molecular formula is C13H7BrN4S2. The molecule has 0 aliphatic heterocycles. The summed E-state index contributed by atoms with van der Waals surface area (Å²) in [6, 6.07) is 8.00. The van der Waals surface area contributed by atoms with Gasteiger partial charge in [-0.05, 0) is 18.2 Å². The Balaban J connectivity index is 1.87. The number of hydrogen-bond donors (Lipinski definition) is 1. The summed E-state index contributed by atoms with van der Waals surface area (Å²) in [6.07, 6.45) is 1.59. The topological polar surface area (TPSA) is 50.7 Å². The second-order valence-electron chi connectivity index (χ2n) is 4.12. The van der Waals surface area contributed by atoms with Crippen molar-refractivity contribution in [2.24, 2.45) is 0 Å². The van der Waals surface area contributed by atoms with E-state index in [2.05, 4.69) is 36.2 Å². The third kappa shape index (κ3) is 1.98. The first-order chi connectivity index (χ1) is 9.81. The minimum Gasteiger partial charge on any atom is -0.339 e. The Labute approximate surface area is 130 Å². The molecule has 20 heavy (non-hydrogen) atoms. The van der Waals surface area contributed by atoms with Crippen LogP contribution in [0.2, 0.25) is 0 Å². The van der Waals surface area contributed by atoms with Gasteiger partial charge in [0.25, 0.3) is 0 Å². The number of anilines is 2. The summed E-state index contributed by atoms with van der Waals surface area (Å²) >= 11 is 6.70. The standard InChI is InChI=1S/C13H7BrN4S2/c14-7-2-1-3-8(4-7)18-12-10-9(15-5-16-12)11-13(20-10)17-6-19-11/h1-6H,(H,15,16,18). The molecule has 3 aromatic heterocycles. The number of fused-ring (bicyclic) bond motifs is 3. The Kier molecular flexibility index (Phi) is 2.90. The van der Waals surface area contributed by atoms with E-state index in [0.717, 1.165) is 35.7 Å². The van der Waals surface area contributed by atoms with Crippen LogP contribution in [0.4, 0.5) is 11.5 Å². The minimum atomic E-state index is 0.823. The molecule has 0 saturated heterocycles. The van der Waals surface area contributed by atoms with Crippen molar-refractivity contribution in [3.63, 3.8) is 0 Å². The number of aromatic nitrogens is 3. The van der Waals surface area contributed by atoms with Gasteiger partial charge in [-0.3, -0.25) is 0 Å². The van der Waals surface area contributed by atoms with Gasteiger partial charge in [0.2, 0.25) is 0 Å². The van der Waals surface area contributed by atoms with Crippen LogP contribution in [-0.4, -0.2) is 15.0 Å². The largest absolute Gasteiger partial charge is 0.339 e. The molecule has 0 unspecified atom stereocenters. The zero-order valence-corrected chi connectivity index (χ0v) is 13.2. The average Bonchev–Trinajstić information content (AvgIpc) is 3.00. The maximum Gasteiger partial charge on any atom is 0.151 e. The van der Waals surface area contributed by atoms with Gasteiger partial charge < -0.3 is 5.32 Å². The zero-order valence-electron chi connectivity index (χ0n) is 10.0. The quantitative estimate of drug-likeness (QED) is 0.555. The van der Waals surface area contributed by atoms with Gasteiger partial charge in [0.15, 0.2) is 5.82 Å². The highest BCUT2D eigenvalue weighted by atomic mass is 79.9. The summed E-state index contributed by atoms with van der Waals surface area (Å²) in [4.78, 5) is 14.1. The normalized spacial score (nSPS) is 11.2. The lowest BCUT2D eigenvalue weighted by atomic mass is 10.3. The number of halogens is 1. The molecule has 0 radical (unpaired) electrons. The van der Waals surface area contributed by atoms with Crippen molar-refractivity contribution < 1.29 is 0 Å². The first-order valence-corrected chi connectivity index (χ1v) is 8.29. The average molecular weight is 363 g/mol. The Hall–Kier alpha value is -1.57. The Bertz CT molecular complexity index is 915.